The molecule has 6 nitrogen and oxygen atoms in total. The van der Waals surface area contributed by atoms with Crippen LogP contribution in [0.1, 0.15) is 31.8 Å². The van der Waals surface area contributed by atoms with Gasteiger partial charge in [0.15, 0.2) is 6.61 Å². The number of halogens is 1. The van der Waals surface area contributed by atoms with Crippen LogP contribution in [0, 0.1) is 0 Å². The zero-order valence-corrected chi connectivity index (χ0v) is 14.4. The van der Waals surface area contributed by atoms with Gasteiger partial charge in [-0.3, -0.25) is 14.4 Å². The third-order valence-corrected chi connectivity index (χ3v) is 4.38. The highest BCUT2D eigenvalue weighted by Crippen LogP contribution is 2.23. The van der Waals surface area contributed by atoms with Crippen molar-refractivity contribution in [2.75, 3.05) is 6.61 Å². The lowest BCUT2D eigenvalue weighted by Crippen LogP contribution is -2.18. The number of thiophene rings is 1. The Labute approximate surface area is 147 Å². The fourth-order valence-electron chi connectivity index (χ4n) is 1.87. The average molecular weight is 367 g/mol. The molecule has 0 unspecified atom stereocenters. The van der Waals surface area contributed by atoms with E-state index in [1.807, 2.05) is 0 Å². The van der Waals surface area contributed by atoms with Crippen molar-refractivity contribution in [1.29, 1.82) is 0 Å². The summed E-state index contributed by atoms with van der Waals surface area (Å²) < 4.78 is 5.41. The zero-order valence-electron chi connectivity index (χ0n) is 12.8. The van der Waals surface area contributed by atoms with Crippen molar-refractivity contribution in [3.63, 3.8) is 0 Å². The van der Waals surface area contributed by atoms with Gasteiger partial charge in [0, 0.05) is 16.8 Å². The number of hydrogen-bond acceptors (Lipinski definition) is 5. The monoisotopic (exact) mass is 366 g/mol. The lowest BCUT2D eigenvalue weighted by atomic mass is 10.2. The number of nitrogens with one attached hydrogen (secondary N) is 1. The highest BCUT2D eigenvalue weighted by atomic mass is 35.5. The van der Waals surface area contributed by atoms with E-state index >= 15 is 0 Å². The van der Waals surface area contributed by atoms with Crippen molar-refractivity contribution in [3.8, 4) is 5.75 Å². The van der Waals surface area contributed by atoms with Crippen LogP contribution >= 0.6 is 22.9 Å². The molecule has 1 heterocycles. The molecule has 0 saturated heterocycles. The van der Waals surface area contributed by atoms with Crippen molar-refractivity contribution in [2.45, 2.75) is 13.5 Å². The van der Waals surface area contributed by atoms with Crippen molar-refractivity contribution >= 4 is 40.5 Å². The minimum absolute atomic E-state index is 0.118. The van der Waals surface area contributed by atoms with Gasteiger partial charge >= 0.3 is 0 Å². The number of carbonyl (C=O) groups excluding carboxylic acids is 3. The van der Waals surface area contributed by atoms with Gasteiger partial charge in [0.2, 0.25) is 11.7 Å². The molecule has 1 aromatic carbocycles. The fraction of sp³-hybridized carbons (Fsp3) is 0.188. The van der Waals surface area contributed by atoms with Crippen LogP contribution in [0.25, 0.3) is 0 Å². The summed E-state index contributed by atoms with van der Waals surface area (Å²) in [6.07, 6.45) is 0. The number of Topliss-reactive ketones (excluding diaryl/α,β-unsaturated/α-hetero) is 1. The number of benzene rings is 1. The molecular formula is C16H15ClN2O4S. The first kappa shape index (κ1) is 18.0. The van der Waals surface area contributed by atoms with Crippen molar-refractivity contribution < 1.29 is 19.1 Å². The largest absolute Gasteiger partial charge is 0.485 e. The number of primary amides is 1. The van der Waals surface area contributed by atoms with Crippen LogP contribution in [0.2, 0.25) is 5.02 Å². The number of rotatable bonds is 7. The first-order chi connectivity index (χ1) is 11.4. The molecule has 0 aliphatic rings. The minimum atomic E-state index is -0.686. The van der Waals surface area contributed by atoms with Gasteiger partial charge < -0.3 is 15.8 Å². The van der Waals surface area contributed by atoms with E-state index in [1.54, 1.807) is 18.2 Å². The topological polar surface area (TPSA) is 98.5 Å². The molecule has 0 atom stereocenters. The normalized spacial score (nSPS) is 10.2. The summed E-state index contributed by atoms with van der Waals surface area (Å²) in [6, 6.07) is 7.87. The first-order valence-corrected chi connectivity index (χ1v) is 8.14. The molecule has 0 saturated carbocycles. The molecular weight excluding hydrogens is 352 g/mol. The molecule has 8 heteroatoms. The fourth-order valence-corrected chi connectivity index (χ4v) is 2.91. The Morgan fingerprint density at radius 3 is 2.67 bits per heavy atom. The Hall–Kier alpha value is -2.38. The van der Waals surface area contributed by atoms with Crippen LogP contribution in [0.3, 0.4) is 0 Å². The van der Waals surface area contributed by atoms with Crippen LogP contribution < -0.4 is 15.8 Å². The smallest absolute Gasteiger partial charge is 0.252 e. The minimum Gasteiger partial charge on any atom is -0.485 e. The highest BCUT2D eigenvalue weighted by Gasteiger charge is 2.14. The van der Waals surface area contributed by atoms with Crippen LogP contribution in [0.5, 0.6) is 5.75 Å². The maximum absolute atomic E-state index is 12.2. The van der Waals surface area contributed by atoms with Gasteiger partial charge in [0.05, 0.1) is 17.0 Å². The number of nitrogens with two attached hydrogens (primary N) is 1. The molecule has 0 fully saturated rings. The molecule has 0 aliphatic heterocycles. The maximum atomic E-state index is 12.2. The number of hydrogen-bond donors (Lipinski definition) is 2. The Morgan fingerprint density at radius 1 is 1.25 bits per heavy atom. The molecule has 2 rings (SSSR count). The van der Waals surface area contributed by atoms with E-state index in [9.17, 15) is 14.4 Å². The van der Waals surface area contributed by atoms with Gasteiger partial charge in [0.1, 0.15) is 5.75 Å². The van der Waals surface area contributed by atoms with Crippen LogP contribution in [0.15, 0.2) is 30.3 Å². The molecule has 3 N–H and O–H groups in total. The molecule has 1 aromatic heterocycles. The SMILES string of the molecule is CC(=O)NCc1ccc(C(=O)COc2ccc(Cl)cc2C(N)=O)s1. The quantitative estimate of drug-likeness (QED) is 0.735. The summed E-state index contributed by atoms with van der Waals surface area (Å²) >= 11 is 7.09. The van der Waals surface area contributed by atoms with Gasteiger partial charge in [0.25, 0.3) is 5.91 Å². The predicted molar refractivity (Wildman–Crippen MR) is 91.6 cm³/mol. The van der Waals surface area contributed by atoms with Gasteiger partial charge in [-0.25, -0.2) is 0 Å². The van der Waals surface area contributed by atoms with Crippen LogP contribution in [0.4, 0.5) is 0 Å². The number of ketones is 1. The molecule has 24 heavy (non-hydrogen) atoms. The van der Waals surface area contributed by atoms with Gasteiger partial charge in [-0.15, -0.1) is 11.3 Å². The summed E-state index contributed by atoms with van der Waals surface area (Å²) in [4.78, 5) is 35.8. The second kappa shape index (κ2) is 7.94. The van der Waals surface area contributed by atoms with E-state index in [4.69, 9.17) is 22.1 Å². The number of carbonyl (C=O) groups is 3. The van der Waals surface area contributed by atoms with Gasteiger partial charge in [-0.2, -0.15) is 0 Å². The third kappa shape index (κ3) is 4.81. The highest BCUT2D eigenvalue weighted by molar-refractivity contribution is 7.14. The van der Waals surface area contributed by atoms with Crippen molar-refractivity contribution in [1.82, 2.24) is 5.32 Å². The standard InChI is InChI=1S/C16H15ClN2O4S/c1-9(20)19-7-11-3-5-15(24-11)13(21)8-23-14-4-2-10(17)6-12(14)16(18)22/h2-6H,7-8H2,1H3,(H2,18,22)(H,19,20). The molecule has 0 spiro atoms. The summed E-state index contributed by atoms with van der Waals surface area (Å²) in [5.41, 5.74) is 5.39. The summed E-state index contributed by atoms with van der Waals surface area (Å²) in [6.45, 7) is 1.56. The third-order valence-electron chi connectivity index (χ3n) is 3.01. The molecule has 0 bridgehead atoms. The van der Waals surface area contributed by atoms with E-state index in [-0.39, 0.29) is 29.6 Å². The lowest BCUT2D eigenvalue weighted by Gasteiger charge is -2.08. The first-order valence-electron chi connectivity index (χ1n) is 6.95. The molecule has 2 aromatic rings. The second-order valence-electron chi connectivity index (χ2n) is 4.89. The zero-order chi connectivity index (χ0) is 17.7. The second-order valence-corrected chi connectivity index (χ2v) is 6.50. The van der Waals surface area contributed by atoms with E-state index in [1.165, 1.54) is 30.4 Å². The van der Waals surface area contributed by atoms with E-state index in [0.717, 1.165) is 4.88 Å². The van der Waals surface area contributed by atoms with E-state index in [0.29, 0.717) is 16.4 Å². The van der Waals surface area contributed by atoms with Crippen LogP contribution in [-0.2, 0) is 11.3 Å². The summed E-state index contributed by atoms with van der Waals surface area (Å²) in [5, 5.41) is 3.01. The van der Waals surface area contributed by atoms with E-state index < -0.39 is 5.91 Å². The van der Waals surface area contributed by atoms with Gasteiger partial charge in [-0.05, 0) is 30.3 Å². The Bertz CT molecular complexity index is 788. The molecule has 0 radical (unpaired) electrons. The Morgan fingerprint density at radius 2 is 2.00 bits per heavy atom. The Kier molecular flexibility index (Phi) is 5.94. The number of ether oxygens (including phenoxy) is 1. The van der Waals surface area contributed by atoms with E-state index in [2.05, 4.69) is 5.32 Å². The molecule has 0 aliphatic carbocycles. The summed E-state index contributed by atoms with van der Waals surface area (Å²) in [5.74, 6) is -0.857. The van der Waals surface area contributed by atoms with Crippen LogP contribution in [-0.4, -0.2) is 24.2 Å². The Balaban J connectivity index is 2.01. The number of amides is 2. The molecule has 126 valence electrons. The predicted octanol–water partition coefficient (Wildman–Crippen LogP) is 2.40. The lowest BCUT2D eigenvalue weighted by molar-refractivity contribution is -0.119. The van der Waals surface area contributed by atoms with Crippen molar-refractivity contribution in [3.05, 3.63) is 50.7 Å². The van der Waals surface area contributed by atoms with Gasteiger partial charge in [-0.1, -0.05) is 11.6 Å². The van der Waals surface area contributed by atoms with Crippen molar-refractivity contribution in [2.24, 2.45) is 5.73 Å². The maximum Gasteiger partial charge on any atom is 0.252 e. The molecule has 2 amide bonds. The average Bonchev–Trinajstić information content (AvgIpc) is 3.00. The summed E-state index contributed by atoms with van der Waals surface area (Å²) in [7, 11) is 0.